The van der Waals surface area contributed by atoms with Crippen LogP contribution in [-0.4, -0.2) is 16.3 Å². The Bertz CT molecular complexity index is 118. The molecule has 1 nitrogen and oxygen atoms in total. The largest absolute Gasteiger partial charge is 0.363 e. The Morgan fingerprint density at radius 2 is 1.60 bits per heavy atom. The maximum Gasteiger partial charge on any atom is 0.120 e. The minimum Gasteiger partial charge on any atom is -0.363 e. The van der Waals surface area contributed by atoms with Crippen LogP contribution in [0.5, 0.6) is 0 Å². The van der Waals surface area contributed by atoms with Gasteiger partial charge in [0.25, 0.3) is 0 Å². The molecule has 0 saturated carbocycles. The van der Waals surface area contributed by atoms with Gasteiger partial charge in [0.15, 0.2) is 0 Å². The van der Waals surface area contributed by atoms with E-state index in [0.717, 1.165) is 0 Å². The van der Waals surface area contributed by atoms with Crippen molar-refractivity contribution in [2.24, 2.45) is 0 Å². The molecular weight excluding hydrogens is 122 g/mol. The summed E-state index contributed by atoms with van der Waals surface area (Å²) in [5, 5.41) is 0. The number of rotatable bonds is 2. The molecule has 0 aliphatic heterocycles. The number of hydrogen-bond donors (Lipinski definition) is 0. The van der Waals surface area contributed by atoms with Crippen molar-refractivity contribution >= 4 is 5.71 Å². The Kier molecular flexibility index (Phi) is 3.48. The molecule has 0 heterocycles. The number of nitrogens with zero attached hydrogens (tertiary/aromatic N) is 1. The summed E-state index contributed by atoms with van der Waals surface area (Å²) in [7, 11) is 0. The highest BCUT2D eigenvalue weighted by Gasteiger charge is 2.06. The zero-order valence-electron chi connectivity index (χ0n) is 8.02. The van der Waals surface area contributed by atoms with Crippen molar-refractivity contribution in [1.82, 2.24) is 0 Å². The molecule has 0 radical (unpaired) electrons. The zero-order valence-corrected chi connectivity index (χ0v) is 8.02. The minimum atomic E-state index is 0.593. The third-order valence-corrected chi connectivity index (χ3v) is 1.48. The van der Waals surface area contributed by atoms with Gasteiger partial charge in [0, 0.05) is 11.8 Å². The van der Waals surface area contributed by atoms with E-state index in [-0.39, 0.29) is 0 Å². The molecule has 0 aromatic rings. The van der Waals surface area contributed by atoms with Crippen LogP contribution >= 0.6 is 0 Å². The zero-order chi connectivity index (χ0) is 8.31. The first-order chi connectivity index (χ1) is 4.46. The third-order valence-electron chi connectivity index (χ3n) is 1.48. The lowest BCUT2D eigenvalue weighted by atomic mass is 10.2. The maximum atomic E-state index is 2.33. The van der Waals surface area contributed by atoms with E-state index in [9.17, 15) is 0 Å². The molecular formula is C9H19N. The van der Waals surface area contributed by atoms with E-state index in [2.05, 4.69) is 46.1 Å². The lowest BCUT2D eigenvalue weighted by Crippen LogP contribution is -2.26. The van der Waals surface area contributed by atoms with E-state index in [1.165, 1.54) is 11.8 Å². The van der Waals surface area contributed by atoms with Crippen LogP contribution in [0, 0.1) is 6.04 Å². The number of hydrogen-bond acceptors (Lipinski definition) is 0. The molecule has 0 spiro atoms. The molecule has 0 atom stereocenters. The summed E-state index contributed by atoms with van der Waals surface area (Å²) in [5.41, 5.74) is 1.37. The van der Waals surface area contributed by atoms with Crippen LogP contribution in [0.2, 0.25) is 0 Å². The first-order valence-corrected chi connectivity index (χ1v) is 3.86. The van der Waals surface area contributed by atoms with Gasteiger partial charge in [-0.15, -0.1) is 0 Å². The third kappa shape index (κ3) is 2.42. The summed E-state index contributed by atoms with van der Waals surface area (Å²) in [6.45, 7) is 13.0. The predicted octanol–water partition coefficient (Wildman–Crippen LogP) is 2.46. The van der Waals surface area contributed by atoms with E-state index in [4.69, 9.17) is 0 Å². The Morgan fingerprint density at radius 1 is 1.20 bits per heavy atom. The molecule has 10 heavy (non-hydrogen) atoms. The fourth-order valence-electron chi connectivity index (χ4n) is 1.48. The van der Waals surface area contributed by atoms with E-state index in [1.807, 2.05) is 0 Å². The van der Waals surface area contributed by atoms with Gasteiger partial charge in [-0.3, -0.25) is 0 Å². The van der Waals surface area contributed by atoms with Crippen LogP contribution in [0.25, 0.3) is 0 Å². The fraction of sp³-hybridized carbons (Fsp3) is 0.778. The molecule has 60 valence electrons. The Labute approximate surface area is 64.8 Å². The van der Waals surface area contributed by atoms with E-state index >= 15 is 0 Å². The molecule has 0 bridgehead atoms. The maximum absolute atomic E-state index is 2.33. The molecule has 0 aliphatic carbocycles. The second kappa shape index (κ2) is 3.65. The van der Waals surface area contributed by atoms with Crippen LogP contribution in [0.15, 0.2) is 0 Å². The monoisotopic (exact) mass is 141 g/mol. The van der Waals surface area contributed by atoms with Crippen LogP contribution < -0.4 is 0 Å². The highest BCUT2D eigenvalue weighted by molar-refractivity contribution is 5.74. The standard InChI is InChI=1S/C9H19N/c1-7(2)10(8(3)4)9(5)6/h7H,1-6H3. The smallest absolute Gasteiger partial charge is 0.120 e. The first-order valence-electron chi connectivity index (χ1n) is 3.86. The highest BCUT2D eigenvalue weighted by Crippen LogP contribution is 2.04. The predicted molar refractivity (Wildman–Crippen MR) is 46.3 cm³/mol. The van der Waals surface area contributed by atoms with Crippen LogP contribution in [-0.2, 0) is 0 Å². The Balaban J connectivity index is 4.44. The Morgan fingerprint density at radius 3 is 1.60 bits per heavy atom. The van der Waals surface area contributed by atoms with Crippen molar-refractivity contribution in [2.45, 2.75) is 47.6 Å². The normalized spacial score (nSPS) is 9.90. The van der Waals surface area contributed by atoms with Crippen LogP contribution in [0.4, 0.5) is 0 Å². The van der Waals surface area contributed by atoms with Crippen molar-refractivity contribution < 1.29 is 4.58 Å². The van der Waals surface area contributed by atoms with Crippen molar-refractivity contribution in [3.05, 3.63) is 6.04 Å². The van der Waals surface area contributed by atoms with Gasteiger partial charge >= 0.3 is 0 Å². The molecule has 0 aromatic heterocycles. The summed E-state index contributed by atoms with van der Waals surface area (Å²) in [6.07, 6.45) is 0. The van der Waals surface area contributed by atoms with E-state index < -0.39 is 0 Å². The summed E-state index contributed by atoms with van der Waals surface area (Å²) in [6, 6.07) is 1.96. The summed E-state index contributed by atoms with van der Waals surface area (Å²) < 4.78 is 2.33. The molecule has 0 fully saturated rings. The lowest BCUT2D eigenvalue weighted by Gasteiger charge is -2.21. The van der Waals surface area contributed by atoms with Crippen molar-refractivity contribution in [2.75, 3.05) is 0 Å². The van der Waals surface area contributed by atoms with Crippen molar-refractivity contribution in [3.63, 3.8) is 0 Å². The first kappa shape index (κ1) is 9.54. The second-order valence-corrected chi connectivity index (χ2v) is 3.36. The molecule has 0 rings (SSSR count). The van der Waals surface area contributed by atoms with Gasteiger partial charge in [0.05, 0.1) is 0 Å². The van der Waals surface area contributed by atoms with Crippen molar-refractivity contribution in [3.8, 4) is 0 Å². The SMILES string of the molecule is CC(C)=[N+]([C-](C)C)C(C)C. The fourth-order valence-corrected chi connectivity index (χ4v) is 1.48. The van der Waals surface area contributed by atoms with E-state index in [0.29, 0.717) is 6.04 Å². The molecule has 0 unspecified atom stereocenters. The quantitative estimate of drug-likeness (QED) is 0.316. The molecule has 0 aliphatic rings. The van der Waals surface area contributed by atoms with Crippen LogP contribution in [0.3, 0.4) is 0 Å². The Hall–Kier alpha value is -0.460. The minimum absolute atomic E-state index is 0.593. The van der Waals surface area contributed by atoms with Gasteiger partial charge in [-0.05, 0) is 13.8 Å². The van der Waals surface area contributed by atoms with Crippen molar-refractivity contribution in [1.29, 1.82) is 0 Å². The van der Waals surface area contributed by atoms with Gasteiger partial charge < -0.3 is 4.58 Å². The average molecular weight is 141 g/mol. The van der Waals surface area contributed by atoms with Gasteiger partial charge in [0.2, 0.25) is 0 Å². The van der Waals surface area contributed by atoms with Gasteiger partial charge in [0.1, 0.15) is 6.04 Å². The lowest BCUT2D eigenvalue weighted by molar-refractivity contribution is -0.542. The van der Waals surface area contributed by atoms with Crippen LogP contribution in [0.1, 0.15) is 41.5 Å². The topological polar surface area (TPSA) is 3.01 Å². The molecule has 0 amide bonds. The molecule has 0 aromatic carbocycles. The molecule has 0 saturated heterocycles. The van der Waals surface area contributed by atoms with E-state index in [1.54, 1.807) is 0 Å². The van der Waals surface area contributed by atoms with Gasteiger partial charge in [-0.25, -0.2) is 0 Å². The summed E-state index contributed by atoms with van der Waals surface area (Å²) in [4.78, 5) is 0. The highest BCUT2D eigenvalue weighted by atomic mass is 15.1. The van der Waals surface area contributed by atoms with Gasteiger partial charge in [-0.1, -0.05) is 27.7 Å². The second-order valence-electron chi connectivity index (χ2n) is 3.36. The molecule has 0 N–H and O–H groups in total. The van der Waals surface area contributed by atoms with Gasteiger partial charge in [-0.2, -0.15) is 0 Å². The average Bonchev–Trinajstić information content (AvgIpc) is 1.59. The summed E-state index contributed by atoms with van der Waals surface area (Å²) >= 11 is 0. The molecule has 1 heteroatoms. The summed E-state index contributed by atoms with van der Waals surface area (Å²) in [5.74, 6) is 0.